The first kappa shape index (κ1) is 27.4. The summed E-state index contributed by atoms with van der Waals surface area (Å²) in [5.74, 6) is -0.420. The summed E-state index contributed by atoms with van der Waals surface area (Å²) in [4.78, 5) is 56.6. The van der Waals surface area contributed by atoms with Crippen molar-refractivity contribution < 1.29 is 14.7 Å². The number of fused-ring (bicyclic) bond motifs is 1. The van der Waals surface area contributed by atoms with Crippen LogP contribution in [0, 0.1) is 0 Å². The lowest BCUT2D eigenvalue weighted by molar-refractivity contribution is 0.102. The maximum atomic E-state index is 13.4. The summed E-state index contributed by atoms with van der Waals surface area (Å²) < 4.78 is 4.04. The number of nitrogens with two attached hydrogens (primary N) is 1. The summed E-state index contributed by atoms with van der Waals surface area (Å²) in [5.41, 5.74) is 8.55. The lowest BCUT2D eigenvalue weighted by Gasteiger charge is -2.36. The van der Waals surface area contributed by atoms with E-state index in [1.54, 1.807) is 73.0 Å². The molecule has 0 aliphatic carbocycles. The number of likely N-dealkylation sites (tertiary alicyclic amines) is 1. The molecule has 1 aliphatic heterocycles. The maximum Gasteiger partial charge on any atom is 0.407 e. The van der Waals surface area contributed by atoms with Crippen LogP contribution in [0.1, 0.15) is 41.9 Å². The molecule has 0 bridgehead atoms. The second kappa shape index (κ2) is 10.6. The van der Waals surface area contributed by atoms with Gasteiger partial charge in [-0.25, -0.2) is 23.7 Å². The van der Waals surface area contributed by atoms with Gasteiger partial charge in [0.1, 0.15) is 17.4 Å². The lowest BCUT2D eigenvalue weighted by Crippen LogP contribution is -2.48. The summed E-state index contributed by atoms with van der Waals surface area (Å²) in [6.07, 6.45) is 1.68. The molecular weight excluding hydrogens is 552 g/mol. The molecule has 5 aromatic rings. The molecule has 0 spiro atoms. The number of nitrogens with one attached hydrogen (secondary N) is 1. The van der Waals surface area contributed by atoms with Crippen LogP contribution in [0.2, 0.25) is 0 Å². The summed E-state index contributed by atoms with van der Waals surface area (Å²) in [6, 6.07) is 17.1. The van der Waals surface area contributed by atoms with Gasteiger partial charge in [-0.1, -0.05) is 30.3 Å². The fourth-order valence-electron chi connectivity index (χ4n) is 5.26. The minimum absolute atomic E-state index is 0.0424. The van der Waals surface area contributed by atoms with E-state index in [2.05, 4.69) is 15.4 Å². The van der Waals surface area contributed by atoms with E-state index in [-0.39, 0.29) is 23.3 Å². The number of para-hydroxylation sites is 1. The molecule has 2 amide bonds. The van der Waals surface area contributed by atoms with Crippen molar-refractivity contribution in [1.82, 2.24) is 28.6 Å². The largest absolute Gasteiger partial charge is 0.465 e. The van der Waals surface area contributed by atoms with Crippen LogP contribution >= 0.6 is 0 Å². The average Bonchev–Trinajstić information content (AvgIpc) is 3.33. The molecule has 43 heavy (non-hydrogen) atoms. The third-order valence-electron chi connectivity index (χ3n) is 7.56. The molecule has 2 aromatic carbocycles. The van der Waals surface area contributed by atoms with Crippen molar-refractivity contribution in [3.8, 4) is 16.8 Å². The predicted molar refractivity (Wildman–Crippen MR) is 160 cm³/mol. The predicted octanol–water partition coefficient (Wildman–Crippen LogP) is 3.20. The minimum Gasteiger partial charge on any atom is -0.465 e. The van der Waals surface area contributed by atoms with Crippen LogP contribution in [0.25, 0.3) is 22.3 Å². The molecule has 0 atom stereocenters. The number of rotatable bonds is 6. The van der Waals surface area contributed by atoms with Gasteiger partial charge < -0.3 is 21.1 Å². The maximum absolute atomic E-state index is 13.4. The monoisotopic (exact) mass is 580 g/mol. The van der Waals surface area contributed by atoms with E-state index in [0.29, 0.717) is 30.0 Å². The molecule has 13 nitrogen and oxygen atoms in total. The van der Waals surface area contributed by atoms with Crippen LogP contribution in [0.15, 0.2) is 82.8 Å². The van der Waals surface area contributed by atoms with Crippen LogP contribution in [-0.2, 0) is 0 Å². The van der Waals surface area contributed by atoms with Crippen LogP contribution in [0.5, 0.6) is 0 Å². The molecule has 0 saturated carbocycles. The molecule has 1 aliphatic rings. The number of aromatic nitrogens is 5. The fourth-order valence-corrected chi connectivity index (χ4v) is 5.26. The van der Waals surface area contributed by atoms with Gasteiger partial charge in [0.2, 0.25) is 0 Å². The number of benzene rings is 2. The molecule has 218 valence electrons. The second-order valence-corrected chi connectivity index (χ2v) is 10.6. The zero-order valence-electron chi connectivity index (χ0n) is 23.3. The number of nitrogens with zero attached hydrogens (tertiary/aromatic N) is 6. The van der Waals surface area contributed by atoms with E-state index in [4.69, 9.17) is 5.73 Å². The van der Waals surface area contributed by atoms with Crippen LogP contribution in [-0.4, -0.2) is 58.8 Å². The minimum atomic E-state index is -0.967. The molecule has 3 aromatic heterocycles. The zero-order valence-corrected chi connectivity index (χ0v) is 23.3. The standard InChI is InChI=1S/C30H28N8O5/c1-17(2)36-15-23(28(40)37(29(36)41)21-6-4-3-5-7-21)27(39)34-20-10-8-18(9-11-20)22-12-24(19-13-35(14-19)30(42)43)38-25(22)26(31)32-16-33-38/h3-12,15-17,19H,13-14H2,1-2H3,(H,34,39)(H,42,43)(H2,31,32,33). The highest BCUT2D eigenvalue weighted by Crippen LogP contribution is 2.36. The molecular formula is C30H28N8O5. The van der Waals surface area contributed by atoms with Crippen molar-refractivity contribution in [2.45, 2.75) is 25.8 Å². The van der Waals surface area contributed by atoms with E-state index < -0.39 is 23.2 Å². The topological polar surface area (TPSA) is 170 Å². The molecule has 0 unspecified atom stereocenters. The van der Waals surface area contributed by atoms with Gasteiger partial charge in [0.25, 0.3) is 11.5 Å². The van der Waals surface area contributed by atoms with E-state index in [0.717, 1.165) is 21.4 Å². The number of nitrogen functional groups attached to an aromatic ring is 1. The molecule has 4 heterocycles. The SMILES string of the molecule is CC(C)n1cc(C(=O)Nc2ccc(-c3cc(C4CN(C(=O)O)C4)n4ncnc(N)c34)cc2)c(=O)n(-c2ccccc2)c1=O. The number of carboxylic acid groups (broad SMARTS) is 1. The normalized spacial score (nSPS) is 13.3. The van der Waals surface area contributed by atoms with Gasteiger partial charge in [0.15, 0.2) is 5.82 Å². The first-order valence-electron chi connectivity index (χ1n) is 13.6. The first-order chi connectivity index (χ1) is 20.6. The Balaban J connectivity index is 1.31. The first-order valence-corrected chi connectivity index (χ1v) is 13.6. The number of carbonyl (C=O) groups excluding carboxylic acids is 1. The Morgan fingerprint density at radius 1 is 1.05 bits per heavy atom. The van der Waals surface area contributed by atoms with E-state index in [1.807, 2.05) is 6.07 Å². The number of anilines is 2. The zero-order chi connectivity index (χ0) is 30.4. The number of hydrogen-bond donors (Lipinski definition) is 3. The van der Waals surface area contributed by atoms with Gasteiger partial charge in [-0.15, -0.1) is 0 Å². The van der Waals surface area contributed by atoms with Crippen LogP contribution in [0.3, 0.4) is 0 Å². The molecule has 0 radical (unpaired) electrons. The summed E-state index contributed by atoms with van der Waals surface area (Å²) >= 11 is 0. The Kier molecular flexibility index (Phi) is 6.76. The van der Waals surface area contributed by atoms with Gasteiger partial charge in [0.05, 0.1) is 11.4 Å². The lowest BCUT2D eigenvalue weighted by atomic mass is 9.96. The van der Waals surface area contributed by atoms with Crippen molar-refractivity contribution in [3.05, 3.63) is 105 Å². The van der Waals surface area contributed by atoms with Gasteiger partial charge in [-0.2, -0.15) is 5.10 Å². The highest BCUT2D eigenvalue weighted by Gasteiger charge is 2.34. The van der Waals surface area contributed by atoms with E-state index >= 15 is 0 Å². The van der Waals surface area contributed by atoms with Gasteiger partial charge in [-0.05, 0) is 49.7 Å². The van der Waals surface area contributed by atoms with Crippen molar-refractivity contribution in [2.24, 2.45) is 0 Å². The van der Waals surface area contributed by atoms with E-state index in [1.165, 1.54) is 22.0 Å². The molecule has 13 heteroatoms. The van der Waals surface area contributed by atoms with Crippen LogP contribution < -0.4 is 22.3 Å². The Morgan fingerprint density at radius 3 is 2.40 bits per heavy atom. The van der Waals surface area contributed by atoms with Gasteiger partial charge in [-0.3, -0.25) is 14.2 Å². The summed E-state index contributed by atoms with van der Waals surface area (Å²) in [7, 11) is 0. The number of carbonyl (C=O) groups is 2. The molecule has 1 fully saturated rings. The summed E-state index contributed by atoms with van der Waals surface area (Å²) in [6.45, 7) is 4.30. The summed E-state index contributed by atoms with van der Waals surface area (Å²) in [5, 5.41) is 16.4. The number of amides is 2. The average molecular weight is 581 g/mol. The Labute approximate surface area is 244 Å². The Bertz CT molecular complexity index is 1990. The molecule has 6 rings (SSSR count). The number of hydrogen-bond acceptors (Lipinski definition) is 7. The molecule has 1 saturated heterocycles. The fraction of sp³-hybridized carbons (Fsp3) is 0.200. The highest BCUT2D eigenvalue weighted by atomic mass is 16.4. The van der Waals surface area contributed by atoms with E-state index in [9.17, 15) is 24.3 Å². The van der Waals surface area contributed by atoms with Crippen molar-refractivity contribution in [3.63, 3.8) is 0 Å². The third-order valence-corrected chi connectivity index (χ3v) is 7.56. The van der Waals surface area contributed by atoms with Gasteiger partial charge in [0, 0.05) is 42.5 Å². The quantitative estimate of drug-likeness (QED) is 0.275. The van der Waals surface area contributed by atoms with Gasteiger partial charge >= 0.3 is 11.8 Å². The Morgan fingerprint density at radius 2 is 1.74 bits per heavy atom. The third kappa shape index (κ3) is 4.80. The molecule has 4 N–H and O–H groups in total. The van der Waals surface area contributed by atoms with Crippen molar-refractivity contribution >= 4 is 29.0 Å². The van der Waals surface area contributed by atoms with Crippen molar-refractivity contribution in [2.75, 3.05) is 24.1 Å². The highest BCUT2D eigenvalue weighted by molar-refractivity contribution is 6.04. The Hall–Kier alpha value is -5.72. The smallest absolute Gasteiger partial charge is 0.407 e. The second-order valence-electron chi connectivity index (χ2n) is 10.6. The van der Waals surface area contributed by atoms with Crippen LogP contribution in [0.4, 0.5) is 16.3 Å². The van der Waals surface area contributed by atoms with Crippen molar-refractivity contribution in [1.29, 1.82) is 0 Å².